The van der Waals surface area contributed by atoms with Crippen LogP contribution in [0.2, 0.25) is 5.02 Å². The van der Waals surface area contributed by atoms with Gasteiger partial charge in [0.05, 0.1) is 0 Å². The van der Waals surface area contributed by atoms with E-state index in [0.29, 0.717) is 27.6 Å². The van der Waals surface area contributed by atoms with Gasteiger partial charge in [0, 0.05) is 16.3 Å². The van der Waals surface area contributed by atoms with E-state index >= 15 is 0 Å². The van der Waals surface area contributed by atoms with E-state index in [1.807, 2.05) is 0 Å². The number of halogens is 4. The van der Waals surface area contributed by atoms with Crippen molar-refractivity contribution in [2.75, 3.05) is 5.32 Å². The molecule has 0 fully saturated rings. The lowest BCUT2D eigenvalue weighted by Crippen LogP contribution is -2.17. The van der Waals surface area contributed by atoms with Crippen molar-refractivity contribution in [3.63, 3.8) is 0 Å². The van der Waals surface area contributed by atoms with Crippen molar-refractivity contribution in [3.8, 4) is 10.6 Å². The highest BCUT2D eigenvalue weighted by Gasteiger charge is 2.39. The van der Waals surface area contributed by atoms with Crippen molar-refractivity contribution in [1.82, 2.24) is 4.98 Å². The maximum atomic E-state index is 13.3. The molecule has 3 aromatic rings. The van der Waals surface area contributed by atoms with Crippen molar-refractivity contribution in [2.24, 2.45) is 0 Å². The van der Waals surface area contributed by atoms with Gasteiger partial charge in [-0.2, -0.15) is 13.2 Å². The normalized spacial score (nSPS) is 11.4. The van der Waals surface area contributed by atoms with Gasteiger partial charge in [-0.05, 0) is 24.3 Å². The molecule has 1 heterocycles. The Kier molecular flexibility index (Phi) is 4.78. The fraction of sp³-hybridized carbons (Fsp3) is 0.0588. The van der Waals surface area contributed by atoms with Crippen LogP contribution in [0.5, 0.6) is 0 Å². The predicted octanol–water partition coefficient (Wildman–Crippen LogP) is 5.73. The van der Waals surface area contributed by atoms with Crippen LogP contribution in [-0.2, 0) is 6.18 Å². The number of hydrogen-bond acceptors (Lipinski definition) is 3. The number of rotatable bonds is 3. The molecule has 0 spiro atoms. The number of nitrogens with one attached hydrogen (secondary N) is 1. The SMILES string of the molecule is O=C(Nc1ccc(Cl)cc1)c1sc(-c2ccccc2)nc1C(F)(F)F. The van der Waals surface area contributed by atoms with Gasteiger partial charge >= 0.3 is 6.18 Å². The third-order valence-corrected chi connectivity index (χ3v) is 4.58. The van der Waals surface area contributed by atoms with Gasteiger partial charge < -0.3 is 5.32 Å². The summed E-state index contributed by atoms with van der Waals surface area (Å²) in [5.41, 5.74) is -0.330. The second-order valence-corrected chi connectivity index (χ2v) is 6.46. The molecule has 128 valence electrons. The topological polar surface area (TPSA) is 42.0 Å². The Morgan fingerprint density at radius 3 is 2.28 bits per heavy atom. The van der Waals surface area contributed by atoms with E-state index in [-0.39, 0.29) is 5.01 Å². The molecule has 0 unspecified atom stereocenters. The Hall–Kier alpha value is -2.38. The number of hydrogen-bond donors (Lipinski definition) is 1. The van der Waals surface area contributed by atoms with Crippen LogP contribution in [0.25, 0.3) is 10.6 Å². The molecule has 0 aliphatic rings. The highest BCUT2D eigenvalue weighted by molar-refractivity contribution is 7.17. The van der Waals surface area contributed by atoms with E-state index in [4.69, 9.17) is 11.6 Å². The third kappa shape index (κ3) is 4.00. The van der Waals surface area contributed by atoms with E-state index < -0.39 is 22.7 Å². The Morgan fingerprint density at radius 1 is 1.04 bits per heavy atom. The molecular weight excluding hydrogens is 373 g/mol. The molecule has 25 heavy (non-hydrogen) atoms. The zero-order valence-electron chi connectivity index (χ0n) is 12.5. The van der Waals surface area contributed by atoms with Crippen molar-refractivity contribution in [3.05, 3.63) is 70.2 Å². The maximum Gasteiger partial charge on any atom is 0.435 e. The monoisotopic (exact) mass is 382 g/mol. The van der Waals surface area contributed by atoms with E-state index in [1.54, 1.807) is 30.3 Å². The van der Waals surface area contributed by atoms with Crippen LogP contribution >= 0.6 is 22.9 Å². The molecule has 8 heteroatoms. The number of benzene rings is 2. The second-order valence-electron chi connectivity index (χ2n) is 5.02. The number of carbonyl (C=O) groups excluding carboxylic acids is 1. The van der Waals surface area contributed by atoms with Crippen LogP contribution < -0.4 is 5.32 Å². The average Bonchev–Trinajstić information content (AvgIpc) is 3.04. The number of aromatic nitrogens is 1. The summed E-state index contributed by atoms with van der Waals surface area (Å²) in [6.45, 7) is 0. The molecule has 0 saturated heterocycles. The predicted molar refractivity (Wildman–Crippen MR) is 92.0 cm³/mol. The van der Waals surface area contributed by atoms with Gasteiger partial charge in [-0.3, -0.25) is 4.79 Å². The molecular formula is C17H10ClF3N2OS. The summed E-state index contributed by atoms with van der Waals surface area (Å²) in [7, 11) is 0. The third-order valence-electron chi connectivity index (χ3n) is 3.22. The zero-order chi connectivity index (χ0) is 18.0. The lowest BCUT2D eigenvalue weighted by molar-refractivity contribution is -0.140. The number of alkyl halides is 3. The molecule has 0 saturated carbocycles. The Balaban J connectivity index is 1.97. The smallest absolute Gasteiger partial charge is 0.321 e. The molecule has 0 aliphatic heterocycles. The second kappa shape index (κ2) is 6.85. The summed E-state index contributed by atoms with van der Waals surface area (Å²) < 4.78 is 39.8. The van der Waals surface area contributed by atoms with Gasteiger partial charge in [0.15, 0.2) is 5.69 Å². The molecule has 2 aromatic carbocycles. The Morgan fingerprint density at radius 2 is 1.68 bits per heavy atom. The van der Waals surface area contributed by atoms with Gasteiger partial charge in [0.2, 0.25) is 0 Å². The fourth-order valence-corrected chi connectivity index (χ4v) is 3.20. The highest BCUT2D eigenvalue weighted by Crippen LogP contribution is 2.38. The first-order valence-electron chi connectivity index (χ1n) is 7.05. The van der Waals surface area contributed by atoms with Crippen LogP contribution in [0.4, 0.5) is 18.9 Å². The summed E-state index contributed by atoms with van der Waals surface area (Å²) in [6, 6.07) is 14.5. The van der Waals surface area contributed by atoms with E-state index in [2.05, 4.69) is 10.3 Å². The van der Waals surface area contributed by atoms with E-state index in [9.17, 15) is 18.0 Å². The van der Waals surface area contributed by atoms with Crippen LogP contribution in [0.1, 0.15) is 15.4 Å². The minimum atomic E-state index is -4.73. The minimum Gasteiger partial charge on any atom is -0.321 e. The fourth-order valence-electron chi connectivity index (χ4n) is 2.09. The summed E-state index contributed by atoms with van der Waals surface area (Å²) in [6.07, 6.45) is -4.73. The molecule has 1 N–H and O–H groups in total. The van der Waals surface area contributed by atoms with Gasteiger partial charge in [-0.25, -0.2) is 4.98 Å². The molecule has 1 aromatic heterocycles. The van der Waals surface area contributed by atoms with Gasteiger partial charge in [-0.15, -0.1) is 11.3 Å². The summed E-state index contributed by atoms with van der Waals surface area (Å²) >= 11 is 6.45. The molecule has 1 amide bonds. The van der Waals surface area contributed by atoms with Crippen molar-refractivity contribution in [2.45, 2.75) is 6.18 Å². The molecule has 0 bridgehead atoms. The highest BCUT2D eigenvalue weighted by atomic mass is 35.5. The lowest BCUT2D eigenvalue weighted by Gasteiger charge is -2.07. The first kappa shape index (κ1) is 17.4. The van der Waals surface area contributed by atoms with Crippen molar-refractivity contribution >= 4 is 34.5 Å². The molecule has 3 nitrogen and oxygen atoms in total. The molecule has 0 atom stereocenters. The van der Waals surface area contributed by atoms with Crippen LogP contribution in [0.3, 0.4) is 0 Å². The average molecular weight is 383 g/mol. The first-order chi connectivity index (χ1) is 11.8. The van der Waals surface area contributed by atoms with Crippen LogP contribution in [-0.4, -0.2) is 10.9 Å². The molecule has 3 rings (SSSR count). The number of amides is 1. The summed E-state index contributed by atoms with van der Waals surface area (Å²) in [4.78, 5) is 15.5. The maximum absolute atomic E-state index is 13.3. The zero-order valence-corrected chi connectivity index (χ0v) is 14.0. The van der Waals surface area contributed by atoms with Crippen LogP contribution in [0.15, 0.2) is 54.6 Å². The standard InChI is InChI=1S/C17H10ClF3N2OS/c18-11-6-8-12(9-7-11)22-15(24)13-14(17(19,20)21)23-16(25-13)10-4-2-1-3-5-10/h1-9H,(H,22,24). The van der Waals surface area contributed by atoms with Gasteiger partial charge in [0.1, 0.15) is 9.88 Å². The van der Waals surface area contributed by atoms with Gasteiger partial charge in [-0.1, -0.05) is 41.9 Å². The first-order valence-corrected chi connectivity index (χ1v) is 8.24. The van der Waals surface area contributed by atoms with E-state index in [1.165, 1.54) is 24.3 Å². The van der Waals surface area contributed by atoms with E-state index in [0.717, 1.165) is 0 Å². The minimum absolute atomic E-state index is 0.134. The molecule has 0 radical (unpaired) electrons. The quantitative estimate of drug-likeness (QED) is 0.628. The number of anilines is 1. The molecule has 0 aliphatic carbocycles. The number of nitrogens with zero attached hydrogens (tertiary/aromatic N) is 1. The largest absolute Gasteiger partial charge is 0.435 e. The van der Waals surface area contributed by atoms with Crippen molar-refractivity contribution in [1.29, 1.82) is 0 Å². The Bertz CT molecular complexity index is 893. The Labute approximate surface area is 150 Å². The van der Waals surface area contributed by atoms with Crippen molar-refractivity contribution < 1.29 is 18.0 Å². The van der Waals surface area contributed by atoms with Gasteiger partial charge in [0.25, 0.3) is 5.91 Å². The lowest BCUT2D eigenvalue weighted by atomic mass is 10.2. The summed E-state index contributed by atoms with van der Waals surface area (Å²) in [5, 5.41) is 3.03. The van der Waals surface area contributed by atoms with Crippen LogP contribution in [0, 0.1) is 0 Å². The number of carbonyl (C=O) groups is 1. The number of thiazole rings is 1. The summed E-state index contributed by atoms with van der Waals surface area (Å²) in [5.74, 6) is -0.866.